The van der Waals surface area contributed by atoms with E-state index < -0.39 is 0 Å². The molecule has 2 aliphatic carbocycles. The van der Waals surface area contributed by atoms with Crippen LogP contribution in [0.15, 0.2) is 0 Å². The van der Waals surface area contributed by atoms with Gasteiger partial charge in [0.2, 0.25) is 0 Å². The monoisotopic (exact) mass is 236 g/mol. The zero-order valence-corrected chi connectivity index (χ0v) is 11.1. The smallest absolute Gasteiger partial charge is 0.0139 e. The summed E-state index contributed by atoms with van der Waals surface area (Å²) in [5.41, 5.74) is 5.97. The van der Waals surface area contributed by atoms with E-state index in [4.69, 9.17) is 5.73 Å². The summed E-state index contributed by atoms with van der Waals surface area (Å²) in [6.07, 6.45) is 13.1. The van der Waals surface area contributed by atoms with E-state index in [0.29, 0.717) is 0 Å². The van der Waals surface area contributed by atoms with Gasteiger partial charge in [-0.15, -0.1) is 0 Å². The number of nitrogens with two attached hydrogens (primary N) is 1. The summed E-state index contributed by atoms with van der Waals surface area (Å²) in [6.45, 7) is 2.28. The standard InChI is InChI=1S/C15H28N2/c16-11-13-6-3-9-15(13)17-10-4-7-12-5-1-2-8-14(12)17/h12-15H,1-11,16H2/t12-,13?,14-,15?/m1/s1. The van der Waals surface area contributed by atoms with Gasteiger partial charge < -0.3 is 5.73 Å². The normalized spacial score (nSPS) is 43.6. The number of hydrogen-bond acceptors (Lipinski definition) is 2. The molecule has 0 aromatic rings. The molecule has 1 aliphatic heterocycles. The van der Waals surface area contributed by atoms with Crippen molar-refractivity contribution in [2.24, 2.45) is 17.6 Å². The van der Waals surface area contributed by atoms with Crippen molar-refractivity contribution in [2.75, 3.05) is 13.1 Å². The molecule has 0 spiro atoms. The first-order valence-electron chi connectivity index (χ1n) is 7.86. The van der Waals surface area contributed by atoms with Crippen LogP contribution in [0.1, 0.15) is 57.8 Å². The molecule has 0 bridgehead atoms. The SMILES string of the molecule is NCC1CCCC1N1CCC[C@H]2CCCC[C@H]21. The predicted octanol–water partition coefficient (Wildman–Crippen LogP) is 2.77. The molecule has 2 N–H and O–H groups in total. The topological polar surface area (TPSA) is 29.3 Å². The number of nitrogens with zero attached hydrogens (tertiary/aromatic N) is 1. The van der Waals surface area contributed by atoms with Crippen molar-refractivity contribution in [3.63, 3.8) is 0 Å². The third-order valence-electron chi connectivity index (χ3n) is 5.63. The highest BCUT2D eigenvalue weighted by Crippen LogP contribution is 2.40. The van der Waals surface area contributed by atoms with E-state index >= 15 is 0 Å². The maximum Gasteiger partial charge on any atom is 0.0139 e. The minimum atomic E-state index is 0.802. The summed E-state index contributed by atoms with van der Waals surface area (Å²) in [5.74, 6) is 1.83. The fraction of sp³-hybridized carbons (Fsp3) is 1.00. The fourth-order valence-electron chi connectivity index (χ4n) is 4.80. The molecule has 17 heavy (non-hydrogen) atoms. The molecule has 0 amide bonds. The molecule has 1 saturated heterocycles. The molecule has 3 fully saturated rings. The van der Waals surface area contributed by atoms with Gasteiger partial charge in [0, 0.05) is 12.1 Å². The Kier molecular flexibility index (Phi) is 3.72. The summed E-state index contributed by atoms with van der Waals surface area (Å²) < 4.78 is 0. The van der Waals surface area contributed by atoms with Gasteiger partial charge >= 0.3 is 0 Å². The van der Waals surface area contributed by atoms with Crippen LogP contribution in [0, 0.1) is 11.8 Å². The summed E-state index contributed by atoms with van der Waals surface area (Å²) in [5, 5.41) is 0. The molecule has 0 aromatic carbocycles. The van der Waals surface area contributed by atoms with Gasteiger partial charge in [-0.3, -0.25) is 4.90 Å². The van der Waals surface area contributed by atoms with Crippen LogP contribution in [0.2, 0.25) is 0 Å². The lowest BCUT2D eigenvalue weighted by Gasteiger charge is -2.48. The molecule has 1 heterocycles. The zero-order chi connectivity index (χ0) is 11.7. The maximum atomic E-state index is 5.97. The van der Waals surface area contributed by atoms with Gasteiger partial charge in [-0.05, 0) is 63.5 Å². The molecule has 0 aromatic heterocycles. The van der Waals surface area contributed by atoms with Gasteiger partial charge in [-0.1, -0.05) is 19.3 Å². The van der Waals surface area contributed by atoms with Crippen molar-refractivity contribution in [3.8, 4) is 0 Å². The van der Waals surface area contributed by atoms with Gasteiger partial charge in [0.05, 0.1) is 0 Å². The van der Waals surface area contributed by atoms with Crippen molar-refractivity contribution in [1.82, 2.24) is 4.90 Å². The summed E-state index contributed by atoms with van der Waals surface area (Å²) in [7, 11) is 0. The largest absolute Gasteiger partial charge is 0.330 e. The van der Waals surface area contributed by atoms with E-state index in [1.165, 1.54) is 64.3 Å². The Morgan fingerprint density at radius 3 is 2.47 bits per heavy atom. The first-order chi connectivity index (χ1) is 8.40. The minimum absolute atomic E-state index is 0.802. The average molecular weight is 236 g/mol. The van der Waals surface area contributed by atoms with Crippen LogP contribution in [0.5, 0.6) is 0 Å². The molecular weight excluding hydrogens is 208 g/mol. The van der Waals surface area contributed by atoms with Gasteiger partial charge in [0.15, 0.2) is 0 Å². The van der Waals surface area contributed by atoms with Crippen molar-refractivity contribution >= 4 is 0 Å². The van der Waals surface area contributed by atoms with E-state index in [1.807, 2.05) is 0 Å². The zero-order valence-electron chi connectivity index (χ0n) is 11.1. The van der Waals surface area contributed by atoms with Crippen LogP contribution in [-0.2, 0) is 0 Å². The second kappa shape index (κ2) is 5.27. The van der Waals surface area contributed by atoms with E-state index in [0.717, 1.165) is 30.5 Å². The molecule has 2 nitrogen and oxygen atoms in total. The van der Waals surface area contributed by atoms with Crippen molar-refractivity contribution in [1.29, 1.82) is 0 Å². The number of likely N-dealkylation sites (tertiary alicyclic amines) is 1. The van der Waals surface area contributed by atoms with Crippen LogP contribution >= 0.6 is 0 Å². The lowest BCUT2D eigenvalue weighted by atomic mass is 9.77. The third kappa shape index (κ3) is 2.26. The first kappa shape index (κ1) is 12.0. The van der Waals surface area contributed by atoms with Crippen LogP contribution in [0.25, 0.3) is 0 Å². The van der Waals surface area contributed by atoms with E-state index in [9.17, 15) is 0 Å². The second-order valence-corrected chi connectivity index (χ2v) is 6.49. The Hall–Kier alpha value is -0.0800. The highest BCUT2D eigenvalue weighted by Gasteiger charge is 2.40. The molecule has 3 rings (SSSR count). The van der Waals surface area contributed by atoms with Gasteiger partial charge in [0.1, 0.15) is 0 Å². The van der Waals surface area contributed by atoms with Crippen LogP contribution in [0.4, 0.5) is 0 Å². The number of piperidine rings is 1. The van der Waals surface area contributed by atoms with Crippen molar-refractivity contribution < 1.29 is 0 Å². The van der Waals surface area contributed by atoms with Crippen LogP contribution < -0.4 is 5.73 Å². The quantitative estimate of drug-likeness (QED) is 0.799. The number of rotatable bonds is 2. The molecular formula is C15H28N2. The molecule has 2 saturated carbocycles. The Labute approximate surface area is 106 Å². The average Bonchev–Trinajstić information content (AvgIpc) is 2.86. The maximum absolute atomic E-state index is 5.97. The summed E-state index contributed by atoms with van der Waals surface area (Å²) in [6, 6.07) is 1.76. The summed E-state index contributed by atoms with van der Waals surface area (Å²) >= 11 is 0. The predicted molar refractivity (Wildman–Crippen MR) is 71.9 cm³/mol. The molecule has 0 radical (unpaired) electrons. The number of hydrogen-bond donors (Lipinski definition) is 1. The Morgan fingerprint density at radius 2 is 1.59 bits per heavy atom. The van der Waals surface area contributed by atoms with Crippen molar-refractivity contribution in [3.05, 3.63) is 0 Å². The van der Waals surface area contributed by atoms with Crippen LogP contribution in [-0.4, -0.2) is 30.1 Å². The minimum Gasteiger partial charge on any atom is -0.330 e. The Morgan fingerprint density at radius 1 is 0.824 bits per heavy atom. The van der Waals surface area contributed by atoms with E-state index in [2.05, 4.69) is 4.90 Å². The fourth-order valence-corrected chi connectivity index (χ4v) is 4.80. The lowest BCUT2D eigenvalue weighted by Crippen LogP contribution is -2.53. The first-order valence-corrected chi connectivity index (χ1v) is 7.86. The highest BCUT2D eigenvalue weighted by atomic mass is 15.2. The Bertz CT molecular complexity index is 249. The molecule has 4 atom stereocenters. The Balaban J connectivity index is 1.72. The van der Waals surface area contributed by atoms with E-state index in [-0.39, 0.29) is 0 Å². The molecule has 2 heteroatoms. The highest BCUT2D eigenvalue weighted by molar-refractivity contribution is 4.95. The lowest BCUT2D eigenvalue weighted by molar-refractivity contribution is 0.0139. The second-order valence-electron chi connectivity index (χ2n) is 6.49. The number of fused-ring (bicyclic) bond motifs is 1. The van der Waals surface area contributed by atoms with Gasteiger partial charge in [-0.2, -0.15) is 0 Å². The molecule has 98 valence electrons. The van der Waals surface area contributed by atoms with Crippen molar-refractivity contribution in [2.45, 2.75) is 69.9 Å². The van der Waals surface area contributed by atoms with E-state index in [1.54, 1.807) is 0 Å². The molecule has 3 aliphatic rings. The molecule has 2 unspecified atom stereocenters. The third-order valence-corrected chi connectivity index (χ3v) is 5.63. The van der Waals surface area contributed by atoms with Gasteiger partial charge in [-0.25, -0.2) is 0 Å². The van der Waals surface area contributed by atoms with Crippen LogP contribution in [0.3, 0.4) is 0 Å². The van der Waals surface area contributed by atoms with Gasteiger partial charge in [0.25, 0.3) is 0 Å². The summed E-state index contributed by atoms with van der Waals surface area (Å²) in [4.78, 5) is 2.90.